The molecule has 0 bridgehead atoms. The SMILES string of the molecule is O=C(N/N=C/c1cc2ccccc2cc1O)C1CC(c2ccc3ccccc3c2)NN1. The number of nitrogens with zero attached hydrogens (tertiary/aromatic N) is 1. The average molecular weight is 410 g/mol. The molecule has 4 aromatic rings. The van der Waals surface area contributed by atoms with Crippen LogP contribution in [0.15, 0.2) is 84.0 Å². The first kappa shape index (κ1) is 19.2. The molecular formula is C25H22N4O2. The van der Waals surface area contributed by atoms with Crippen molar-refractivity contribution in [2.24, 2.45) is 5.10 Å². The number of carbonyl (C=O) groups excluding carboxylic acids is 1. The average Bonchev–Trinajstić information content (AvgIpc) is 3.29. The van der Waals surface area contributed by atoms with Gasteiger partial charge in [0.25, 0.3) is 5.91 Å². The number of amides is 1. The number of fused-ring (bicyclic) bond motifs is 2. The van der Waals surface area contributed by atoms with E-state index in [1.807, 2.05) is 42.5 Å². The van der Waals surface area contributed by atoms with Crippen molar-refractivity contribution < 1.29 is 9.90 Å². The molecule has 1 saturated heterocycles. The number of hydrazine groups is 1. The van der Waals surface area contributed by atoms with Gasteiger partial charge in [0.15, 0.2) is 0 Å². The Hall–Kier alpha value is -3.74. The largest absolute Gasteiger partial charge is 0.507 e. The van der Waals surface area contributed by atoms with Gasteiger partial charge in [-0.3, -0.25) is 4.79 Å². The second-order valence-corrected chi connectivity index (χ2v) is 7.73. The highest BCUT2D eigenvalue weighted by molar-refractivity contribution is 5.94. The Morgan fingerprint density at radius 2 is 1.58 bits per heavy atom. The molecule has 4 aromatic carbocycles. The van der Waals surface area contributed by atoms with Gasteiger partial charge in [-0.15, -0.1) is 0 Å². The Balaban J connectivity index is 1.23. The summed E-state index contributed by atoms with van der Waals surface area (Å²) in [4.78, 5) is 12.5. The third kappa shape index (κ3) is 3.99. The minimum Gasteiger partial charge on any atom is -0.507 e. The van der Waals surface area contributed by atoms with Crippen LogP contribution in [0, 0.1) is 0 Å². The van der Waals surface area contributed by atoms with Crippen LogP contribution in [0.1, 0.15) is 23.6 Å². The van der Waals surface area contributed by atoms with Crippen LogP contribution < -0.4 is 16.3 Å². The van der Waals surface area contributed by atoms with E-state index in [2.05, 4.69) is 51.7 Å². The molecule has 0 radical (unpaired) electrons. The monoisotopic (exact) mass is 410 g/mol. The van der Waals surface area contributed by atoms with Gasteiger partial charge in [0.2, 0.25) is 0 Å². The van der Waals surface area contributed by atoms with Crippen molar-refractivity contribution in [2.45, 2.75) is 18.5 Å². The number of nitrogens with one attached hydrogen (secondary N) is 3. The van der Waals surface area contributed by atoms with Crippen molar-refractivity contribution in [3.63, 3.8) is 0 Å². The fourth-order valence-corrected chi connectivity index (χ4v) is 3.96. The molecule has 0 spiro atoms. The zero-order valence-electron chi connectivity index (χ0n) is 16.7. The number of phenolic OH excluding ortho intramolecular Hbond substituents is 1. The molecular weight excluding hydrogens is 388 g/mol. The number of aromatic hydroxyl groups is 1. The molecule has 154 valence electrons. The first-order valence-corrected chi connectivity index (χ1v) is 10.2. The third-order valence-electron chi connectivity index (χ3n) is 5.67. The van der Waals surface area contributed by atoms with E-state index in [4.69, 9.17) is 0 Å². The fourth-order valence-electron chi connectivity index (χ4n) is 3.96. The van der Waals surface area contributed by atoms with E-state index in [9.17, 15) is 9.90 Å². The molecule has 0 aromatic heterocycles. The van der Waals surface area contributed by atoms with E-state index in [1.165, 1.54) is 17.0 Å². The summed E-state index contributed by atoms with van der Waals surface area (Å²) in [5.41, 5.74) is 10.5. The van der Waals surface area contributed by atoms with Gasteiger partial charge in [-0.25, -0.2) is 16.3 Å². The van der Waals surface area contributed by atoms with Crippen LogP contribution >= 0.6 is 0 Å². The van der Waals surface area contributed by atoms with Crippen LogP contribution in [0.25, 0.3) is 21.5 Å². The summed E-state index contributed by atoms with van der Waals surface area (Å²) in [6, 6.07) is 25.5. The molecule has 1 fully saturated rings. The molecule has 6 heteroatoms. The molecule has 5 rings (SSSR count). The van der Waals surface area contributed by atoms with E-state index in [0.717, 1.165) is 16.3 Å². The van der Waals surface area contributed by atoms with Crippen molar-refractivity contribution in [1.29, 1.82) is 0 Å². The van der Waals surface area contributed by atoms with Crippen molar-refractivity contribution in [3.8, 4) is 5.75 Å². The van der Waals surface area contributed by atoms with Crippen LogP contribution in [-0.2, 0) is 4.79 Å². The number of benzene rings is 4. The molecule has 4 N–H and O–H groups in total. The van der Waals surface area contributed by atoms with E-state index in [-0.39, 0.29) is 17.7 Å². The van der Waals surface area contributed by atoms with Gasteiger partial charge in [-0.1, -0.05) is 60.7 Å². The Morgan fingerprint density at radius 3 is 2.35 bits per heavy atom. The van der Waals surface area contributed by atoms with Gasteiger partial charge in [-0.2, -0.15) is 5.10 Å². The van der Waals surface area contributed by atoms with Crippen molar-refractivity contribution in [3.05, 3.63) is 90.0 Å². The van der Waals surface area contributed by atoms with E-state index in [0.29, 0.717) is 12.0 Å². The lowest BCUT2D eigenvalue weighted by molar-refractivity contribution is -0.122. The summed E-state index contributed by atoms with van der Waals surface area (Å²) in [7, 11) is 0. The van der Waals surface area contributed by atoms with Crippen LogP contribution in [0.5, 0.6) is 5.75 Å². The first-order chi connectivity index (χ1) is 15.2. The standard InChI is InChI=1S/C25H22N4O2/c30-24-13-19-8-4-3-7-18(19)12-21(24)15-26-29-25(31)23-14-22(27-28-23)20-10-9-16-5-1-2-6-17(16)11-20/h1-13,15,22-23,27-28,30H,14H2,(H,29,31)/b26-15+. The second-order valence-electron chi connectivity index (χ2n) is 7.73. The zero-order valence-corrected chi connectivity index (χ0v) is 16.7. The molecule has 1 heterocycles. The number of rotatable bonds is 4. The molecule has 1 amide bonds. The Bertz CT molecular complexity index is 1300. The summed E-state index contributed by atoms with van der Waals surface area (Å²) in [5.74, 6) is -0.110. The van der Waals surface area contributed by atoms with Crippen LogP contribution in [0.3, 0.4) is 0 Å². The summed E-state index contributed by atoms with van der Waals surface area (Å²) in [6.07, 6.45) is 2.07. The topological polar surface area (TPSA) is 85.8 Å². The lowest BCUT2D eigenvalue weighted by Crippen LogP contribution is -2.41. The van der Waals surface area contributed by atoms with Gasteiger partial charge < -0.3 is 5.11 Å². The van der Waals surface area contributed by atoms with Gasteiger partial charge in [-0.05, 0) is 51.7 Å². The highest BCUT2D eigenvalue weighted by Gasteiger charge is 2.30. The highest BCUT2D eigenvalue weighted by atomic mass is 16.3. The van der Waals surface area contributed by atoms with E-state index in [1.54, 1.807) is 6.07 Å². The molecule has 2 unspecified atom stereocenters. The summed E-state index contributed by atoms with van der Waals surface area (Å²) < 4.78 is 0. The Kier molecular flexibility index (Phi) is 5.08. The smallest absolute Gasteiger partial charge is 0.258 e. The minimum atomic E-state index is -0.404. The summed E-state index contributed by atoms with van der Waals surface area (Å²) in [5, 5.41) is 18.5. The van der Waals surface area contributed by atoms with Crippen molar-refractivity contribution >= 4 is 33.7 Å². The van der Waals surface area contributed by atoms with Gasteiger partial charge in [0, 0.05) is 11.6 Å². The predicted molar refractivity (Wildman–Crippen MR) is 123 cm³/mol. The van der Waals surface area contributed by atoms with Crippen LogP contribution in [0.2, 0.25) is 0 Å². The summed E-state index contributed by atoms with van der Waals surface area (Å²) >= 11 is 0. The second kappa shape index (κ2) is 8.18. The normalized spacial score (nSPS) is 18.7. The predicted octanol–water partition coefficient (Wildman–Crippen LogP) is 3.76. The Labute approximate surface area is 179 Å². The number of hydrogen-bond donors (Lipinski definition) is 4. The quantitative estimate of drug-likeness (QED) is 0.305. The minimum absolute atomic E-state index is 0.0360. The molecule has 2 atom stereocenters. The molecule has 0 saturated carbocycles. The van der Waals surface area contributed by atoms with E-state index < -0.39 is 6.04 Å². The molecule has 0 aliphatic carbocycles. The molecule has 1 aliphatic rings. The Morgan fingerprint density at radius 1 is 0.903 bits per heavy atom. The number of phenols is 1. The fraction of sp³-hybridized carbons (Fsp3) is 0.120. The lowest BCUT2D eigenvalue weighted by Gasteiger charge is -2.10. The molecule has 31 heavy (non-hydrogen) atoms. The van der Waals surface area contributed by atoms with Crippen LogP contribution in [0.4, 0.5) is 0 Å². The maximum Gasteiger partial charge on any atom is 0.258 e. The van der Waals surface area contributed by atoms with Gasteiger partial charge in [0.1, 0.15) is 11.8 Å². The number of hydrogen-bond acceptors (Lipinski definition) is 5. The maximum absolute atomic E-state index is 12.5. The summed E-state index contributed by atoms with van der Waals surface area (Å²) in [6.45, 7) is 0. The lowest BCUT2D eigenvalue weighted by atomic mass is 9.99. The maximum atomic E-state index is 12.5. The first-order valence-electron chi connectivity index (χ1n) is 10.2. The zero-order chi connectivity index (χ0) is 21.2. The third-order valence-corrected chi connectivity index (χ3v) is 5.67. The van der Waals surface area contributed by atoms with Gasteiger partial charge in [0.05, 0.1) is 6.21 Å². The number of hydrazone groups is 1. The van der Waals surface area contributed by atoms with Crippen molar-refractivity contribution in [2.75, 3.05) is 0 Å². The van der Waals surface area contributed by atoms with Crippen LogP contribution in [-0.4, -0.2) is 23.3 Å². The highest BCUT2D eigenvalue weighted by Crippen LogP contribution is 2.26. The van der Waals surface area contributed by atoms with Crippen molar-refractivity contribution in [1.82, 2.24) is 16.3 Å². The number of carbonyl (C=O) groups is 1. The molecule has 6 nitrogen and oxygen atoms in total. The van der Waals surface area contributed by atoms with E-state index >= 15 is 0 Å². The van der Waals surface area contributed by atoms with Gasteiger partial charge >= 0.3 is 0 Å². The molecule has 1 aliphatic heterocycles.